The number of aromatic amines is 1. The zero-order valence-electron chi connectivity index (χ0n) is 10.2. The van der Waals surface area contributed by atoms with Crippen LogP contribution in [0.3, 0.4) is 0 Å². The highest BCUT2D eigenvalue weighted by Crippen LogP contribution is 2.27. The Bertz CT molecular complexity index is 485. The standard InChI is InChI=1S/C13H16ClN3O/c1-2-7-18-13-4-3-10(8-12(13)14)15-9-11-5-6-16-17-11/h3-6,8,15H,2,7,9H2,1H3,(H,16,17). The van der Waals surface area contributed by atoms with E-state index >= 15 is 0 Å². The van der Waals surface area contributed by atoms with Crippen LogP contribution in [0.1, 0.15) is 19.0 Å². The number of aromatic nitrogens is 2. The van der Waals surface area contributed by atoms with Crippen LogP contribution < -0.4 is 10.1 Å². The van der Waals surface area contributed by atoms with Crippen LogP contribution in [-0.2, 0) is 6.54 Å². The van der Waals surface area contributed by atoms with E-state index in [-0.39, 0.29) is 0 Å². The maximum atomic E-state index is 6.14. The first kappa shape index (κ1) is 12.8. The summed E-state index contributed by atoms with van der Waals surface area (Å²) in [5, 5.41) is 10.7. The molecule has 96 valence electrons. The van der Waals surface area contributed by atoms with Gasteiger partial charge in [0.1, 0.15) is 5.75 Å². The molecule has 4 nitrogen and oxygen atoms in total. The Hall–Kier alpha value is -1.68. The number of nitrogens with zero attached hydrogens (tertiary/aromatic N) is 1. The average Bonchev–Trinajstić information content (AvgIpc) is 2.88. The summed E-state index contributed by atoms with van der Waals surface area (Å²) in [5.74, 6) is 0.727. The molecule has 2 N–H and O–H groups in total. The van der Waals surface area contributed by atoms with Gasteiger partial charge < -0.3 is 10.1 Å². The second-order valence-corrected chi connectivity index (χ2v) is 4.34. The van der Waals surface area contributed by atoms with Crippen molar-refractivity contribution in [2.24, 2.45) is 0 Å². The molecular formula is C13H16ClN3O. The van der Waals surface area contributed by atoms with Gasteiger partial charge in [-0.2, -0.15) is 5.10 Å². The number of H-pyrrole nitrogens is 1. The highest BCUT2D eigenvalue weighted by atomic mass is 35.5. The predicted octanol–water partition coefficient (Wildman–Crippen LogP) is 3.46. The van der Waals surface area contributed by atoms with Crippen LogP contribution in [0.25, 0.3) is 0 Å². The Morgan fingerprint density at radius 1 is 1.39 bits per heavy atom. The van der Waals surface area contributed by atoms with Crippen molar-refractivity contribution in [1.82, 2.24) is 10.2 Å². The molecule has 1 aromatic carbocycles. The normalized spacial score (nSPS) is 10.3. The highest BCUT2D eigenvalue weighted by Gasteiger charge is 2.03. The van der Waals surface area contributed by atoms with Crippen LogP contribution >= 0.6 is 11.6 Å². The summed E-state index contributed by atoms with van der Waals surface area (Å²) in [6, 6.07) is 7.62. The van der Waals surface area contributed by atoms with Crippen LogP contribution in [0, 0.1) is 0 Å². The lowest BCUT2D eigenvalue weighted by Crippen LogP contribution is -2.00. The van der Waals surface area contributed by atoms with E-state index in [1.54, 1.807) is 6.20 Å². The summed E-state index contributed by atoms with van der Waals surface area (Å²) >= 11 is 6.14. The third-order valence-corrected chi connectivity index (χ3v) is 2.73. The fraction of sp³-hybridized carbons (Fsp3) is 0.308. The smallest absolute Gasteiger partial charge is 0.138 e. The molecule has 18 heavy (non-hydrogen) atoms. The minimum Gasteiger partial charge on any atom is -0.492 e. The van der Waals surface area contributed by atoms with Gasteiger partial charge in [-0.05, 0) is 30.7 Å². The lowest BCUT2D eigenvalue weighted by Gasteiger charge is -2.09. The molecule has 2 rings (SSSR count). The Kier molecular flexibility index (Phi) is 4.47. The number of anilines is 1. The van der Waals surface area contributed by atoms with Crippen molar-refractivity contribution in [3.63, 3.8) is 0 Å². The molecule has 0 saturated heterocycles. The number of hydrogen-bond acceptors (Lipinski definition) is 3. The molecule has 0 saturated carbocycles. The molecule has 0 fully saturated rings. The largest absolute Gasteiger partial charge is 0.492 e. The number of halogens is 1. The van der Waals surface area contributed by atoms with Crippen molar-refractivity contribution >= 4 is 17.3 Å². The second-order valence-electron chi connectivity index (χ2n) is 3.93. The van der Waals surface area contributed by atoms with E-state index in [0.29, 0.717) is 18.2 Å². The van der Waals surface area contributed by atoms with Gasteiger partial charge >= 0.3 is 0 Å². The molecule has 1 aromatic heterocycles. The van der Waals surface area contributed by atoms with Crippen LogP contribution in [0.5, 0.6) is 5.75 Å². The Morgan fingerprint density at radius 3 is 2.94 bits per heavy atom. The molecule has 5 heteroatoms. The first-order valence-electron chi connectivity index (χ1n) is 5.94. The molecule has 0 aliphatic rings. The van der Waals surface area contributed by atoms with E-state index in [2.05, 4.69) is 22.4 Å². The van der Waals surface area contributed by atoms with Crippen molar-refractivity contribution < 1.29 is 4.74 Å². The van der Waals surface area contributed by atoms with Crippen LogP contribution in [-0.4, -0.2) is 16.8 Å². The van der Waals surface area contributed by atoms with Gasteiger partial charge in [-0.15, -0.1) is 0 Å². The number of hydrogen-bond donors (Lipinski definition) is 2. The molecule has 0 bridgehead atoms. The van der Waals surface area contributed by atoms with Gasteiger partial charge in [-0.3, -0.25) is 5.10 Å². The van der Waals surface area contributed by atoms with Crippen molar-refractivity contribution in [3.8, 4) is 5.75 Å². The molecule has 0 unspecified atom stereocenters. The molecule has 0 atom stereocenters. The first-order valence-corrected chi connectivity index (χ1v) is 6.32. The minimum atomic E-state index is 0.623. The van der Waals surface area contributed by atoms with Crippen LogP contribution in [0.4, 0.5) is 5.69 Å². The van der Waals surface area contributed by atoms with E-state index in [9.17, 15) is 0 Å². The van der Waals surface area contributed by atoms with E-state index in [1.165, 1.54) is 0 Å². The van der Waals surface area contributed by atoms with E-state index in [0.717, 1.165) is 23.6 Å². The maximum absolute atomic E-state index is 6.14. The molecule has 0 spiro atoms. The molecule has 0 aliphatic carbocycles. The second kappa shape index (κ2) is 6.31. The predicted molar refractivity (Wildman–Crippen MR) is 73.2 cm³/mol. The monoisotopic (exact) mass is 265 g/mol. The highest BCUT2D eigenvalue weighted by molar-refractivity contribution is 6.32. The van der Waals surface area contributed by atoms with Gasteiger partial charge in [0.15, 0.2) is 0 Å². The van der Waals surface area contributed by atoms with Gasteiger partial charge in [-0.25, -0.2) is 0 Å². The zero-order chi connectivity index (χ0) is 12.8. The molecule has 0 aliphatic heterocycles. The van der Waals surface area contributed by atoms with Crippen LogP contribution in [0.2, 0.25) is 5.02 Å². The van der Waals surface area contributed by atoms with Crippen molar-refractivity contribution in [2.75, 3.05) is 11.9 Å². The third-order valence-electron chi connectivity index (χ3n) is 2.43. The fourth-order valence-electron chi connectivity index (χ4n) is 1.52. The van der Waals surface area contributed by atoms with E-state index in [1.807, 2.05) is 24.3 Å². The van der Waals surface area contributed by atoms with Crippen molar-refractivity contribution in [2.45, 2.75) is 19.9 Å². The summed E-state index contributed by atoms with van der Waals surface area (Å²) in [6.07, 6.45) is 2.70. The molecule has 2 aromatic rings. The van der Waals surface area contributed by atoms with Crippen molar-refractivity contribution in [3.05, 3.63) is 41.2 Å². The summed E-state index contributed by atoms with van der Waals surface area (Å²) in [6.45, 7) is 3.43. The van der Waals surface area contributed by atoms with E-state index in [4.69, 9.17) is 16.3 Å². The molecule has 0 radical (unpaired) electrons. The number of benzene rings is 1. The summed E-state index contributed by atoms with van der Waals surface area (Å²) in [4.78, 5) is 0. The summed E-state index contributed by atoms with van der Waals surface area (Å²) in [7, 11) is 0. The number of rotatable bonds is 6. The Balaban J connectivity index is 1.95. The molecular weight excluding hydrogens is 250 g/mol. The molecule has 1 heterocycles. The SMILES string of the molecule is CCCOc1ccc(NCc2ccn[nH]2)cc1Cl. The lowest BCUT2D eigenvalue weighted by molar-refractivity contribution is 0.317. The van der Waals surface area contributed by atoms with Crippen LogP contribution in [0.15, 0.2) is 30.5 Å². The van der Waals surface area contributed by atoms with Gasteiger partial charge in [0.05, 0.1) is 23.9 Å². The zero-order valence-corrected chi connectivity index (χ0v) is 11.0. The van der Waals surface area contributed by atoms with Gasteiger partial charge in [0.25, 0.3) is 0 Å². The fourth-order valence-corrected chi connectivity index (χ4v) is 1.76. The molecule has 0 amide bonds. The summed E-state index contributed by atoms with van der Waals surface area (Å²) in [5.41, 5.74) is 1.98. The topological polar surface area (TPSA) is 49.9 Å². The Morgan fingerprint density at radius 2 is 2.28 bits per heavy atom. The van der Waals surface area contributed by atoms with Gasteiger partial charge in [0, 0.05) is 11.9 Å². The van der Waals surface area contributed by atoms with Crippen molar-refractivity contribution in [1.29, 1.82) is 0 Å². The van der Waals surface area contributed by atoms with Gasteiger partial charge in [0.2, 0.25) is 0 Å². The third kappa shape index (κ3) is 3.40. The summed E-state index contributed by atoms with van der Waals surface area (Å²) < 4.78 is 5.52. The number of ether oxygens (including phenoxy) is 1. The van der Waals surface area contributed by atoms with E-state index < -0.39 is 0 Å². The Labute approximate surface area is 111 Å². The lowest BCUT2D eigenvalue weighted by atomic mass is 10.3. The minimum absolute atomic E-state index is 0.623. The quantitative estimate of drug-likeness (QED) is 0.841. The average molecular weight is 266 g/mol. The number of nitrogens with one attached hydrogen (secondary N) is 2. The maximum Gasteiger partial charge on any atom is 0.138 e. The van der Waals surface area contributed by atoms with Gasteiger partial charge in [-0.1, -0.05) is 18.5 Å². The first-order chi connectivity index (χ1) is 8.79.